The smallest absolute Gasteiger partial charge is 0.137 e. The number of aromatic hydroxyl groups is 1. The second-order valence-electron chi connectivity index (χ2n) is 9.18. The highest BCUT2D eigenvalue weighted by Gasteiger charge is 2.27. The zero-order valence-corrected chi connectivity index (χ0v) is 19.3. The Morgan fingerprint density at radius 3 is 2.79 bits per heavy atom. The van der Waals surface area contributed by atoms with E-state index >= 15 is 0 Å². The number of phenols is 1. The van der Waals surface area contributed by atoms with Crippen molar-refractivity contribution in [2.24, 2.45) is 5.92 Å². The Hall–Kier alpha value is -3.22. The number of nitrogens with zero attached hydrogens (tertiary/aromatic N) is 4. The number of likely N-dealkylation sites (tertiary alicyclic amines) is 1. The van der Waals surface area contributed by atoms with Crippen LogP contribution in [0.1, 0.15) is 34.4 Å². The van der Waals surface area contributed by atoms with E-state index in [0.717, 1.165) is 71.6 Å². The molecule has 0 radical (unpaired) electrons. The van der Waals surface area contributed by atoms with Crippen LogP contribution < -0.4 is 0 Å². The Labute approximate surface area is 202 Å². The van der Waals surface area contributed by atoms with E-state index in [0.29, 0.717) is 5.02 Å². The first-order chi connectivity index (χ1) is 16.6. The predicted octanol–water partition coefficient (Wildman–Crippen LogP) is 5.39. The number of hydrogen-bond acceptors (Lipinski definition) is 4. The molecule has 1 N–H and O–H groups in total. The Morgan fingerprint density at radius 2 is 1.97 bits per heavy atom. The Morgan fingerprint density at radius 1 is 1.09 bits per heavy atom. The van der Waals surface area contributed by atoms with Gasteiger partial charge in [0.05, 0.1) is 17.4 Å². The van der Waals surface area contributed by atoms with Crippen molar-refractivity contribution in [2.75, 3.05) is 19.8 Å². The lowest BCUT2D eigenvalue weighted by atomic mass is 9.80. The van der Waals surface area contributed by atoms with Gasteiger partial charge in [0.1, 0.15) is 11.4 Å². The monoisotopic (exact) mass is 474 g/mol. The summed E-state index contributed by atoms with van der Waals surface area (Å²) >= 11 is 6.57. The number of allylic oxidation sites excluding steroid dienone is 1. The van der Waals surface area contributed by atoms with E-state index in [-0.39, 0.29) is 18.3 Å². The van der Waals surface area contributed by atoms with Crippen molar-refractivity contribution in [2.45, 2.75) is 19.4 Å². The molecule has 1 aliphatic heterocycles. The molecule has 34 heavy (non-hydrogen) atoms. The molecule has 4 heterocycles. The number of alkyl halides is 1. The largest absolute Gasteiger partial charge is 0.508 e. The topological polar surface area (TPSA) is 53.7 Å². The number of halogens is 2. The van der Waals surface area contributed by atoms with Gasteiger partial charge in [-0.25, -0.2) is 4.98 Å². The minimum absolute atomic E-state index is 0.166. The number of benzene rings is 1. The normalized spacial score (nSPS) is 16.6. The number of imidazole rings is 1. The van der Waals surface area contributed by atoms with Crippen molar-refractivity contribution in [3.63, 3.8) is 0 Å². The van der Waals surface area contributed by atoms with Crippen LogP contribution in [-0.2, 0) is 13.0 Å². The molecule has 4 aromatic rings. The van der Waals surface area contributed by atoms with Gasteiger partial charge in [0.2, 0.25) is 0 Å². The fourth-order valence-electron chi connectivity index (χ4n) is 5.20. The molecule has 172 valence electrons. The van der Waals surface area contributed by atoms with E-state index in [1.807, 2.05) is 35.0 Å². The molecule has 2 aliphatic rings. The first kappa shape index (κ1) is 21.3. The summed E-state index contributed by atoms with van der Waals surface area (Å²) < 4.78 is 14.8. The van der Waals surface area contributed by atoms with E-state index in [2.05, 4.69) is 22.0 Å². The molecular formula is C27H24ClFN4O. The summed E-state index contributed by atoms with van der Waals surface area (Å²) in [5, 5.41) is 10.7. The molecule has 1 saturated heterocycles. The maximum absolute atomic E-state index is 12.8. The zero-order valence-electron chi connectivity index (χ0n) is 18.6. The number of fused-ring (bicyclic) bond motifs is 2. The SMILES string of the molecule is Oc1ccc2c(c1)CCC(c1ccncc1Cl)=C2c1ccn2cc(CN3CC(CF)C3)nc2c1. The molecule has 1 aromatic carbocycles. The number of pyridine rings is 2. The molecule has 0 unspecified atom stereocenters. The fourth-order valence-corrected chi connectivity index (χ4v) is 5.43. The zero-order chi connectivity index (χ0) is 23.2. The van der Waals surface area contributed by atoms with Crippen molar-refractivity contribution in [3.05, 3.63) is 94.2 Å². The van der Waals surface area contributed by atoms with Gasteiger partial charge in [0.25, 0.3) is 0 Å². The van der Waals surface area contributed by atoms with Crippen molar-refractivity contribution in [1.29, 1.82) is 0 Å². The van der Waals surface area contributed by atoms with E-state index in [1.54, 1.807) is 18.5 Å². The van der Waals surface area contributed by atoms with Gasteiger partial charge in [0, 0.05) is 50.3 Å². The molecule has 0 atom stereocenters. The first-order valence-electron chi connectivity index (χ1n) is 11.5. The van der Waals surface area contributed by atoms with Gasteiger partial charge in [-0.2, -0.15) is 0 Å². The third-order valence-corrected chi connectivity index (χ3v) is 7.14. The number of rotatable bonds is 5. The molecule has 1 aliphatic carbocycles. The van der Waals surface area contributed by atoms with Crippen molar-refractivity contribution >= 4 is 28.4 Å². The standard InChI is InChI=1S/C27H24ClFN4O/c28-25-12-30-7-5-23(25)24-3-1-18-9-21(34)2-4-22(18)27(24)19-6-8-33-16-20(31-26(33)10-19)15-32-13-17(11-29)14-32/h2,4-10,12,16-17,34H,1,3,11,13-15H2. The fraction of sp³-hybridized carbons (Fsp3) is 0.259. The van der Waals surface area contributed by atoms with E-state index in [1.165, 1.54) is 5.57 Å². The van der Waals surface area contributed by atoms with Crippen LogP contribution in [0.4, 0.5) is 4.39 Å². The van der Waals surface area contributed by atoms with Gasteiger partial charge in [-0.1, -0.05) is 17.7 Å². The molecule has 0 spiro atoms. The lowest BCUT2D eigenvalue weighted by Gasteiger charge is -2.37. The average molecular weight is 475 g/mol. The summed E-state index contributed by atoms with van der Waals surface area (Å²) in [5.41, 5.74) is 8.38. The van der Waals surface area contributed by atoms with Gasteiger partial charge in [-0.3, -0.25) is 14.3 Å². The maximum atomic E-state index is 12.8. The summed E-state index contributed by atoms with van der Waals surface area (Å²) in [4.78, 5) is 11.2. The van der Waals surface area contributed by atoms with Gasteiger partial charge >= 0.3 is 0 Å². The van der Waals surface area contributed by atoms with Crippen LogP contribution >= 0.6 is 11.6 Å². The van der Waals surface area contributed by atoms with Crippen LogP contribution in [0.5, 0.6) is 5.75 Å². The highest BCUT2D eigenvalue weighted by molar-refractivity contribution is 6.32. The number of aryl methyl sites for hydroxylation is 1. The summed E-state index contributed by atoms with van der Waals surface area (Å²) in [5.74, 6) is 0.442. The van der Waals surface area contributed by atoms with E-state index in [4.69, 9.17) is 16.6 Å². The summed E-state index contributed by atoms with van der Waals surface area (Å²) in [6.07, 6.45) is 9.17. The van der Waals surface area contributed by atoms with E-state index < -0.39 is 0 Å². The molecule has 0 amide bonds. The second kappa shape index (κ2) is 8.53. The van der Waals surface area contributed by atoms with Crippen molar-refractivity contribution in [3.8, 4) is 5.75 Å². The second-order valence-corrected chi connectivity index (χ2v) is 9.59. The number of phenolic OH excluding ortho intramolecular Hbond substituents is 1. The van der Waals surface area contributed by atoms with Gasteiger partial charge in [0.15, 0.2) is 0 Å². The molecule has 0 saturated carbocycles. The number of aromatic nitrogens is 3. The molecule has 5 nitrogen and oxygen atoms in total. The highest BCUT2D eigenvalue weighted by atomic mass is 35.5. The highest BCUT2D eigenvalue weighted by Crippen LogP contribution is 2.43. The third-order valence-electron chi connectivity index (χ3n) is 6.84. The number of hydrogen-bond donors (Lipinski definition) is 1. The minimum atomic E-state index is -0.247. The van der Waals surface area contributed by atoms with Crippen molar-refractivity contribution in [1.82, 2.24) is 19.3 Å². The Balaban J connectivity index is 1.44. The van der Waals surface area contributed by atoms with Gasteiger partial charge in [-0.05, 0) is 76.6 Å². The van der Waals surface area contributed by atoms with Gasteiger partial charge in [-0.15, -0.1) is 0 Å². The van der Waals surface area contributed by atoms with Crippen LogP contribution in [-0.4, -0.2) is 44.1 Å². The maximum Gasteiger partial charge on any atom is 0.137 e. The molecule has 6 rings (SSSR count). The Kier molecular flexibility index (Phi) is 5.35. The lowest BCUT2D eigenvalue weighted by molar-refractivity contribution is 0.0727. The van der Waals surface area contributed by atoms with Crippen molar-refractivity contribution < 1.29 is 9.50 Å². The van der Waals surface area contributed by atoms with Crippen LogP contribution in [0.15, 0.2) is 61.2 Å². The summed E-state index contributed by atoms with van der Waals surface area (Å²) in [7, 11) is 0. The molecule has 0 bridgehead atoms. The summed E-state index contributed by atoms with van der Waals surface area (Å²) in [6, 6.07) is 11.8. The molecule has 1 fully saturated rings. The van der Waals surface area contributed by atoms with Crippen LogP contribution in [0.25, 0.3) is 16.8 Å². The quantitative estimate of drug-likeness (QED) is 0.421. The van der Waals surface area contributed by atoms with E-state index in [9.17, 15) is 9.50 Å². The minimum Gasteiger partial charge on any atom is -0.508 e. The predicted molar refractivity (Wildman–Crippen MR) is 132 cm³/mol. The van der Waals surface area contributed by atoms with Crippen LogP contribution in [0.3, 0.4) is 0 Å². The Bertz CT molecular complexity index is 1420. The summed E-state index contributed by atoms with van der Waals surface area (Å²) in [6.45, 7) is 2.07. The molecular weight excluding hydrogens is 451 g/mol. The first-order valence-corrected chi connectivity index (χ1v) is 11.9. The van der Waals surface area contributed by atoms with Crippen LogP contribution in [0, 0.1) is 5.92 Å². The molecule has 3 aromatic heterocycles. The molecule has 7 heteroatoms. The van der Waals surface area contributed by atoms with Crippen LogP contribution in [0.2, 0.25) is 5.02 Å². The van der Waals surface area contributed by atoms with Gasteiger partial charge < -0.3 is 9.51 Å². The third kappa shape index (κ3) is 3.77. The average Bonchev–Trinajstić information content (AvgIpc) is 3.22. The lowest BCUT2D eigenvalue weighted by Crippen LogP contribution is -2.46.